The van der Waals surface area contributed by atoms with E-state index in [0.717, 1.165) is 35.8 Å². The summed E-state index contributed by atoms with van der Waals surface area (Å²) < 4.78 is 13.1. The third kappa shape index (κ3) is 5.13. The van der Waals surface area contributed by atoms with E-state index in [-0.39, 0.29) is 17.7 Å². The molecule has 0 saturated carbocycles. The minimum atomic E-state index is -0.279. The van der Waals surface area contributed by atoms with Crippen LogP contribution in [0.25, 0.3) is 16.8 Å². The monoisotopic (exact) mass is 671 g/mol. The van der Waals surface area contributed by atoms with Crippen molar-refractivity contribution in [3.63, 3.8) is 0 Å². The summed E-state index contributed by atoms with van der Waals surface area (Å²) in [4.78, 5) is 26.3. The molecule has 32 heavy (non-hydrogen) atoms. The second-order valence-corrected chi connectivity index (χ2v) is 10.4. The van der Waals surface area contributed by atoms with Gasteiger partial charge >= 0.3 is 0 Å². The number of nitrogens with zero attached hydrogens (tertiary/aromatic N) is 1. The van der Waals surface area contributed by atoms with Crippen molar-refractivity contribution in [2.45, 2.75) is 6.61 Å². The Hall–Kier alpha value is -1.63. The van der Waals surface area contributed by atoms with E-state index < -0.39 is 0 Å². The number of carbonyl (C=O) groups is 2. The Bertz CT molecular complexity index is 1200. The van der Waals surface area contributed by atoms with Crippen LogP contribution in [0.1, 0.15) is 11.1 Å². The van der Waals surface area contributed by atoms with E-state index in [1.807, 2.05) is 30.3 Å². The second kappa shape index (κ2) is 10.5. The molecular formula is C24H19I2NO4S. The van der Waals surface area contributed by atoms with Crippen molar-refractivity contribution < 1.29 is 19.1 Å². The number of hydrogen-bond acceptors (Lipinski definition) is 5. The molecule has 0 atom stereocenters. The number of methoxy groups -OCH3 is 1. The number of rotatable bonds is 7. The van der Waals surface area contributed by atoms with Crippen LogP contribution in [-0.2, 0) is 16.1 Å². The standard InChI is InChI=1S/C24H19I2NO4S/c1-30-10-9-27-23(28)21(32-24(27)29)13-15-11-19(25)22(20(26)12-15)31-14-17-7-4-6-16-5-2-3-8-18(16)17/h2-8,11-13H,9-10,14H2,1H3/b21-13+. The van der Waals surface area contributed by atoms with Gasteiger partial charge in [-0.2, -0.15) is 0 Å². The maximum atomic E-state index is 12.6. The fourth-order valence-corrected chi connectivity index (χ4v) is 6.39. The predicted molar refractivity (Wildman–Crippen MR) is 145 cm³/mol. The lowest BCUT2D eigenvalue weighted by Gasteiger charge is -2.13. The molecule has 4 rings (SSSR count). The summed E-state index contributed by atoms with van der Waals surface area (Å²) in [6.45, 7) is 1.05. The zero-order valence-corrected chi connectivity index (χ0v) is 22.3. The molecule has 1 aliphatic rings. The highest BCUT2D eigenvalue weighted by atomic mass is 127. The fraction of sp³-hybridized carbons (Fsp3) is 0.167. The lowest BCUT2D eigenvalue weighted by atomic mass is 10.1. The van der Waals surface area contributed by atoms with Crippen LogP contribution in [0.4, 0.5) is 4.79 Å². The first-order valence-corrected chi connectivity index (χ1v) is 12.8. The number of carbonyl (C=O) groups excluding carboxylic acids is 2. The van der Waals surface area contributed by atoms with Gasteiger partial charge in [0.1, 0.15) is 12.4 Å². The molecule has 3 aromatic rings. The number of ether oxygens (including phenoxy) is 2. The van der Waals surface area contributed by atoms with Crippen LogP contribution < -0.4 is 4.74 Å². The first-order valence-electron chi connectivity index (χ1n) is 9.80. The zero-order valence-electron chi connectivity index (χ0n) is 17.1. The summed E-state index contributed by atoms with van der Waals surface area (Å²) in [5, 5.41) is 2.10. The minimum absolute atomic E-state index is 0.258. The van der Waals surface area contributed by atoms with Crippen LogP contribution in [-0.4, -0.2) is 36.3 Å². The van der Waals surface area contributed by atoms with E-state index in [0.29, 0.717) is 18.1 Å². The van der Waals surface area contributed by atoms with Gasteiger partial charge in [-0.1, -0.05) is 42.5 Å². The normalized spacial score (nSPS) is 15.2. The zero-order chi connectivity index (χ0) is 22.7. The molecule has 164 valence electrons. The SMILES string of the molecule is COCCN1C(=O)S/C(=C/c2cc(I)c(OCc3cccc4ccccc34)c(I)c2)C1=O. The van der Waals surface area contributed by atoms with Gasteiger partial charge in [-0.15, -0.1) is 0 Å². The van der Waals surface area contributed by atoms with Crippen molar-refractivity contribution in [3.8, 4) is 5.75 Å². The highest BCUT2D eigenvalue weighted by Crippen LogP contribution is 2.35. The van der Waals surface area contributed by atoms with Crippen molar-refractivity contribution in [2.24, 2.45) is 0 Å². The van der Waals surface area contributed by atoms with Crippen LogP contribution in [0.15, 0.2) is 59.5 Å². The quantitative estimate of drug-likeness (QED) is 0.218. The average Bonchev–Trinajstić information content (AvgIpc) is 3.04. The van der Waals surface area contributed by atoms with Gasteiger partial charge in [0.15, 0.2) is 0 Å². The van der Waals surface area contributed by atoms with E-state index in [1.54, 1.807) is 13.2 Å². The largest absolute Gasteiger partial charge is 0.487 e. The van der Waals surface area contributed by atoms with Gasteiger partial charge in [0.25, 0.3) is 11.1 Å². The Labute approximate surface area is 217 Å². The maximum Gasteiger partial charge on any atom is 0.293 e. The number of halogens is 2. The van der Waals surface area contributed by atoms with E-state index in [2.05, 4.69) is 69.4 Å². The summed E-state index contributed by atoms with van der Waals surface area (Å²) in [5.41, 5.74) is 1.98. The topological polar surface area (TPSA) is 55.8 Å². The van der Waals surface area contributed by atoms with Gasteiger partial charge in [0.2, 0.25) is 0 Å². The molecule has 0 bridgehead atoms. The van der Waals surface area contributed by atoms with Crippen LogP contribution in [0.2, 0.25) is 0 Å². The van der Waals surface area contributed by atoms with Crippen LogP contribution >= 0.6 is 56.9 Å². The van der Waals surface area contributed by atoms with Gasteiger partial charge in [0, 0.05) is 7.11 Å². The summed E-state index contributed by atoms with van der Waals surface area (Å²) in [7, 11) is 1.54. The molecule has 2 amide bonds. The summed E-state index contributed by atoms with van der Waals surface area (Å²) in [6.07, 6.45) is 1.76. The number of benzene rings is 3. The van der Waals surface area contributed by atoms with E-state index in [4.69, 9.17) is 9.47 Å². The smallest absolute Gasteiger partial charge is 0.293 e. The molecule has 1 fully saturated rings. The van der Waals surface area contributed by atoms with Crippen molar-refractivity contribution in [1.82, 2.24) is 4.90 Å². The Morgan fingerprint density at radius 2 is 1.75 bits per heavy atom. The molecule has 3 aromatic carbocycles. The third-order valence-corrected chi connectivity index (χ3v) is 7.47. The predicted octanol–water partition coefficient (Wildman–Crippen LogP) is 6.31. The molecule has 8 heteroatoms. The highest BCUT2D eigenvalue weighted by molar-refractivity contribution is 14.1. The van der Waals surface area contributed by atoms with Crippen molar-refractivity contribution in [2.75, 3.05) is 20.3 Å². The molecule has 1 aliphatic heterocycles. The van der Waals surface area contributed by atoms with E-state index >= 15 is 0 Å². The van der Waals surface area contributed by atoms with Gasteiger partial charge in [-0.05, 0) is 97.1 Å². The summed E-state index contributed by atoms with van der Waals surface area (Å²) >= 11 is 5.45. The van der Waals surface area contributed by atoms with Crippen molar-refractivity contribution in [3.05, 3.63) is 77.8 Å². The van der Waals surface area contributed by atoms with Gasteiger partial charge < -0.3 is 9.47 Å². The van der Waals surface area contributed by atoms with E-state index in [9.17, 15) is 9.59 Å². The van der Waals surface area contributed by atoms with Crippen molar-refractivity contribution in [1.29, 1.82) is 0 Å². The maximum absolute atomic E-state index is 12.6. The first kappa shape index (κ1) is 23.5. The van der Waals surface area contributed by atoms with Gasteiger partial charge in [-0.3, -0.25) is 14.5 Å². The third-order valence-electron chi connectivity index (χ3n) is 4.96. The van der Waals surface area contributed by atoms with Crippen LogP contribution in [0.3, 0.4) is 0 Å². The number of imide groups is 1. The molecule has 0 unspecified atom stereocenters. The van der Waals surface area contributed by atoms with E-state index in [1.165, 1.54) is 15.7 Å². The number of fused-ring (bicyclic) bond motifs is 1. The Balaban J connectivity index is 1.53. The van der Waals surface area contributed by atoms with Gasteiger partial charge in [0.05, 0.1) is 25.2 Å². The molecule has 0 radical (unpaired) electrons. The molecule has 0 aliphatic carbocycles. The highest BCUT2D eigenvalue weighted by Gasteiger charge is 2.34. The molecule has 0 N–H and O–H groups in total. The van der Waals surface area contributed by atoms with Gasteiger partial charge in [-0.25, -0.2) is 0 Å². The first-order chi connectivity index (χ1) is 15.5. The molecular weight excluding hydrogens is 652 g/mol. The summed E-state index contributed by atoms with van der Waals surface area (Å²) in [6, 6.07) is 18.4. The number of hydrogen-bond donors (Lipinski definition) is 0. The number of amides is 2. The van der Waals surface area contributed by atoms with Crippen molar-refractivity contribution >= 4 is 84.9 Å². The molecule has 0 aromatic heterocycles. The average molecular weight is 671 g/mol. The Morgan fingerprint density at radius 1 is 1.03 bits per heavy atom. The lowest BCUT2D eigenvalue weighted by Crippen LogP contribution is -2.31. The van der Waals surface area contributed by atoms with Crippen LogP contribution in [0.5, 0.6) is 5.75 Å². The minimum Gasteiger partial charge on any atom is -0.487 e. The Morgan fingerprint density at radius 3 is 2.50 bits per heavy atom. The molecule has 0 spiro atoms. The molecule has 1 saturated heterocycles. The molecule has 5 nitrogen and oxygen atoms in total. The second-order valence-electron chi connectivity index (χ2n) is 7.07. The van der Waals surface area contributed by atoms with Crippen LogP contribution in [0, 0.1) is 7.14 Å². The Kier molecular flexibility index (Phi) is 7.74. The fourth-order valence-electron chi connectivity index (χ4n) is 3.40. The summed E-state index contributed by atoms with van der Waals surface area (Å²) in [5.74, 6) is 0.530. The lowest BCUT2D eigenvalue weighted by molar-refractivity contribution is -0.123. The number of thioether (sulfide) groups is 1. The molecule has 1 heterocycles.